The SMILES string of the molecule is O=[13c]1oc2cc(O)ccc2[13c]2oc3cc(O)ccc3[13c]12. The second-order valence-corrected chi connectivity index (χ2v) is 4.56. The Balaban J connectivity index is 2.32. The van der Waals surface area contributed by atoms with Crippen LogP contribution in [0, 0.1) is 0 Å². The highest BCUT2D eigenvalue weighted by molar-refractivity contribution is 6.13. The van der Waals surface area contributed by atoms with Crippen LogP contribution >= 0.6 is 0 Å². The van der Waals surface area contributed by atoms with Crippen molar-refractivity contribution < 1.29 is 19.0 Å². The van der Waals surface area contributed by atoms with Crippen molar-refractivity contribution in [2.75, 3.05) is 0 Å². The van der Waals surface area contributed by atoms with E-state index in [0.29, 0.717) is 27.3 Å². The van der Waals surface area contributed by atoms with Gasteiger partial charge in [-0.05, 0) is 24.3 Å². The fourth-order valence-electron chi connectivity index (χ4n) is 2.41. The van der Waals surface area contributed by atoms with Gasteiger partial charge in [0.15, 0.2) is 5.58 Å². The van der Waals surface area contributed by atoms with E-state index in [4.69, 9.17) is 8.83 Å². The van der Waals surface area contributed by atoms with Crippen molar-refractivity contribution in [1.29, 1.82) is 0 Å². The number of hydrogen-bond donors (Lipinski definition) is 2. The van der Waals surface area contributed by atoms with Crippen LogP contribution in [0.5, 0.6) is 11.5 Å². The molecule has 5 nitrogen and oxygen atoms in total. The average molecular weight is 271 g/mol. The lowest BCUT2D eigenvalue weighted by atomic mass is 10.3. The number of aromatic hydroxyl groups is 2. The number of furan rings is 1. The molecule has 2 heterocycles. The molecule has 4 aromatic rings. The molecule has 0 saturated carbocycles. The van der Waals surface area contributed by atoms with Crippen molar-refractivity contribution in [3.05, 3.63) is 46.8 Å². The molecule has 0 aliphatic rings. The number of hydrogen-bond acceptors (Lipinski definition) is 5. The maximum Gasteiger partial charge on any atom is 0.348 e. The molecule has 0 amide bonds. The van der Waals surface area contributed by atoms with Gasteiger partial charge in [-0.3, -0.25) is 0 Å². The molecular formula is C15H8O5. The molecule has 20 heavy (non-hydrogen) atoms. The lowest BCUT2D eigenvalue weighted by Gasteiger charge is -1.97. The zero-order valence-electron chi connectivity index (χ0n) is 10.1. The summed E-state index contributed by atoms with van der Waals surface area (Å²) < 4.78 is 10.9. The molecule has 4 rings (SSSR count). The van der Waals surface area contributed by atoms with E-state index >= 15 is 0 Å². The fourth-order valence-corrected chi connectivity index (χ4v) is 2.41. The van der Waals surface area contributed by atoms with Crippen molar-refractivity contribution >= 4 is 32.9 Å². The minimum Gasteiger partial charge on any atom is -0.508 e. The number of phenolic OH excluding ortho intramolecular Hbond substituents is 2. The minimum absolute atomic E-state index is 0.00811. The van der Waals surface area contributed by atoms with Gasteiger partial charge in [-0.1, -0.05) is 0 Å². The van der Waals surface area contributed by atoms with Gasteiger partial charge in [-0.15, -0.1) is 0 Å². The van der Waals surface area contributed by atoms with Crippen LogP contribution in [-0.2, 0) is 0 Å². The first-order valence-corrected chi connectivity index (χ1v) is 5.94. The summed E-state index contributed by atoms with van der Waals surface area (Å²) in [6.45, 7) is 0. The first-order valence-electron chi connectivity index (χ1n) is 5.94. The van der Waals surface area contributed by atoms with E-state index in [1.165, 1.54) is 24.3 Å². The lowest BCUT2D eigenvalue weighted by molar-refractivity contribution is 0.473. The third kappa shape index (κ3) is 1.34. The molecule has 0 unspecified atom stereocenters. The molecule has 0 spiro atoms. The molecule has 2 aromatic heterocycles. The van der Waals surface area contributed by atoms with E-state index in [-0.39, 0.29) is 17.1 Å². The highest BCUT2D eigenvalue weighted by atomic mass is 16.5. The first kappa shape index (κ1) is 10.9. The first-order chi connectivity index (χ1) is 9.63. The van der Waals surface area contributed by atoms with Crippen LogP contribution in [0.3, 0.4) is 0 Å². The van der Waals surface area contributed by atoms with Gasteiger partial charge in [0.25, 0.3) is 0 Å². The molecule has 0 aliphatic heterocycles. The van der Waals surface area contributed by atoms with Crippen molar-refractivity contribution in [3.8, 4) is 11.5 Å². The number of fused-ring (bicyclic) bond motifs is 5. The summed E-state index contributed by atoms with van der Waals surface area (Å²) in [6, 6.07) is 9.02. The number of benzene rings is 2. The predicted molar refractivity (Wildman–Crippen MR) is 73.1 cm³/mol. The summed E-state index contributed by atoms with van der Waals surface area (Å²) in [5.41, 5.74) is 0.512. The highest BCUT2D eigenvalue weighted by Crippen LogP contribution is 2.33. The molecule has 5 heteroatoms. The molecule has 2 aromatic carbocycles. The molecule has 0 radical (unpaired) electrons. The summed E-state index contributed by atoms with van der Waals surface area (Å²) in [6.07, 6.45) is 0. The van der Waals surface area contributed by atoms with Crippen LogP contribution < -0.4 is 5.63 Å². The van der Waals surface area contributed by atoms with E-state index in [0.717, 1.165) is 0 Å². The van der Waals surface area contributed by atoms with E-state index in [1.807, 2.05) is 0 Å². The summed E-state index contributed by atoms with van der Waals surface area (Å²) >= 11 is 0. The van der Waals surface area contributed by atoms with Crippen molar-refractivity contribution in [3.63, 3.8) is 0 Å². The average Bonchev–Trinajstić information content (AvgIpc) is 2.77. The summed E-state index contributed by atoms with van der Waals surface area (Å²) in [5, 5.41) is 20.4. The highest BCUT2D eigenvalue weighted by Gasteiger charge is 2.16. The van der Waals surface area contributed by atoms with Gasteiger partial charge in [0.05, 0.1) is 5.39 Å². The normalized spacial score (nSPS) is 11.6. The van der Waals surface area contributed by atoms with Crippen LogP contribution in [0.4, 0.5) is 0 Å². The standard InChI is InChI=1S/C15H8O5/c16-7-1-3-9-11(5-7)19-14-10-4-2-8(17)6-12(10)20-15(18)13(9)14/h1-6,16-17H/i13+1,14+1,15+1. The third-order valence-electron chi connectivity index (χ3n) is 3.29. The van der Waals surface area contributed by atoms with Gasteiger partial charge >= 0.3 is 5.63 Å². The Morgan fingerprint density at radius 1 is 0.800 bits per heavy atom. The lowest BCUT2D eigenvalue weighted by Crippen LogP contribution is -1.97. The van der Waals surface area contributed by atoms with Crippen LogP contribution in [0.25, 0.3) is 32.9 Å². The molecule has 98 valence electrons. The van der Waals surface area contributed by atoms with Gasteiger partial charge < -0.3 is 19.0 Å². The van der Waals surface area contributed by atoms with Crippen LogP contribution in [0.1, 0.15) is 0 Å². The van der Waals surface area contributed by atoms with E-state index in [9.17, 15) is 15.0 Å². The molecule has 2 N–H and O–H groups in total. The molecule has 0 atom stereocenters. The zero-order valence-corrected chi connectivity index (χ0v) is 10.1. The molecule has 0 saturated heterocycles. The Kier molecular flexibility index (Phi) is 1.93. The van der Waals surface area contributed by atoms with Gasteiger partial charge in [0, 0.05) is 17.5 Å². The Labute approximate surface area is 111 Å². The van der Waals surface area contributed by atoms with E-state index < -0.39 is 5.63 Å². The molecule has 0 fully saturated rings. The maximum atomic E-state index is 12.1. The second kappa shape index (κ2) is 3.54. The largest absolute Gasteiger partial charge is 0.508 e. The quantitative estimate of drug-likeness (QED) is 0.480. The van der Waals surface area contributed by atoms with Gasteiger partial charge in [0.1, 0.15) is 28.1 Å². The summed E-state index contributed by atoms with van der Waals surface area (Å²) in [4.78, 5) is 12.1. The smallest absolute Gasteiger partial charge is 0.348 e. The van der Waals surface area contributed by atoms with E-state index in [2.05, 4.69) is 0 Å². The van der Waals surface area contributed by atoms with Gasteiger partial charge in [-0.25, -0.2) is 4.79 Å². The van der Waals surface area contributed by atoms with Crippen molar-refractivity contribution in [2.24, 2.45) is 0 Å². The Morgan fingerprint density at radius 3 is 2.10 bits per heavy atom. The fraction of sp³-hybridized carbons (Fsp3) is 0. The maximum absolute atomic E-state index is 12.1. The Bertz CT molecular complexity index is 1040. The Morgan fingerprint density at radius 2 is 1.40 bits per heavy atom. The second-order valence-electron chi connectivity index (χ2n) is 4.56. The Hall–Kier alpha value is -2.95. The number of rotatable bonds is 0. The van der Waals surface area contributed by atoms with Crippen LogP contribution in [0.2, 0.25) is 0 Å². The summed E-state index contributed by atoms with van der Waals surface area (Å²) in [5.74, 6) is 0.0663. The topological polar surface area (TPSA) is 83.8 Å². The van der Waals surface area contributed by atoms with E-state index in [1.54, 1.807) is 12.1 Å². The minimum atomic E-state index is -0.539. The predicted octanol–water partition coefficient (Wildman–Crippen LogP) is 3.10. The van der Waals surface area contributed by atoms with Crippen molar-refractivity contribution in [1.82, 2.24) is 0 Å². The van der Waals surface area contributed by atoms with Gasteiger partial charge in [-0.2, -0.15) is 0 Å². The molecule has 0 bridgehead atoms. The van der Waals surface area contributed by atoms with Gasteiger partial charge in [0.2, 0.25) is 0 Å². The summed E-state index contributed by atoms with van der Waals surface area (Å²) in [7, 11) is 0. The van der Waals surface area contributed by atoms with Crippen molar-refractivity contribution in [2.45, 2.75) is 0 Å². The van der Waals surface area contributed by atoms with Crippen LogP contribution in [0.15, 0.2) is 50.0 Å². The van der Waals surface area contributed by atoms with Crippen LogP contribution in [-0.4, -0.2) is 10.2 Å². The monoisotopic (exact) mass is 271 g/mol. The molecular weight excluding hydrogens is 263 g/mol. The third-order valence-corrected chi connectivity index (χ3v) is 3.29. The molecule has 0 aliphatic carbocycles. The number of phenols is 2. The zero-order chi connectivity index (χ0) is 13.9.